The molecular weight excluding hydrogens is 464 g/mol. The van der Waals surface area contributed by atoms with E-state index in [1.54, 1.807) is 24.4 Å². The van der Waals surface area contributed by atoms with Crippen molar-refractivity contribution >= 4 is 17.5 Å². The van der Waals surface area contributed by atoms with Gasteiger partial charge in [-0.05, 0) is 48.4 Å². The molecule has 0 spiro atoms. The molecular formula is C30H42N4O3. The van der Waals surface area contributed by atoms with Crippen LogP contribution in [-0.2, 0) is 19.7 Å². The molecule has 1 unspecified atom stereocenters. The highest BCUT2D eigenvalue weighted by molar-refractivity contribution is 6.04. The van der Waals surface area contributed by atoms with Crippen molar-refractivity contribution in [3.63, 3.8) is 0 Å². The van der Waals surface area contributed by atoms with Crippen LogP contribution in [0.25, 0.3) is 0 Å². The molecule has 2 heterocycles. The summed E-state index contributed by atoms with van der Waals surface area (Å²) in [6.45, 7) is 7.11. The van der Waals surface area contributed by atoms with E-state index in [9.17, 15) is 9.59 Å². The molecule has 1 saturated carbocycles. The number of aromatic nitrogens is 1. The first kappa shape index (κ1) is 27.3. The number of pyridine rings is 1. The van der Waals surface area contributed by atoms with E-state index in [0.717, 1.165) is 25.7 Å². The Bertz CT molecular complexity index is 1040. The van der Waals surface area contributed by atoms with Crippen molar-refractivity contribution in [2.24, 2.45) is 0 Å². The van der Waals surface area contributed by atoms with Gasteiger partial charge < -0.3 is 15.0 Å². The van der Waals surface area contributed by atoms with Gasteiger partial charge in [-0.2, -0.15) is 0 Å². The zero-order valence-electron chi connectivity index (χ0n) is 22.9. The lowest BCUT2D eigenvalue weighted by molar-refractivity contribution is -0.136. The summed E-state index contributed by atoms with van der Waals surface area (Å²) in [5.74, 6) is -0.197. The minimum absolute atomic E-state index is 0.0220. The summed E-state index contributed by atoms with van der Waals surface area (Å²) in [6.07, 6.45) is 9.40. The second-order valence-corrected chi connectivity index (χ2v) is 11.5. The summed E-state index contributed by atoms with van der Waals surface area (Å²) in [5.41, 5.74) is 2.57. The molecule has 0 radical (unpaired) electrons. The van der Waals surface area contributed by atoms with Crippen LogP contribution < -0.4 is 10.2 Å². The molecule has 200 valence electrons. The molecule has 2 fully saturated rings. The average molecular weight is 507 g/mol. The number of rotatable bonds is 7. The van der Waals surface area contributed by atoms with Crippen LogP contribution in [0.5, 0.6) is 0 Å². The van der Waals surface area contributed by atoms with Gasteiger partial charge in [-0.25, -0.2) is 0 Å². The smallest absolute Gasteiger partial charge is 0.250 e. The second-order valence-electron chi connectivity index (χ2n) is 11.5. The summed E-state index contributed by atoms with van der Waals surface area (Å²) in [6, 6.07) is 10.7. The SMILES string of the molecule is CO[C@H]1CN[C@@H](C(=O)N(c2ccc(C(C)(C)C)cc2)C(C(=O)N(C)C2CCCCC2)c2cccnc2)C1. The lowest BCUT2D eigenvalue weighted by Crippen LogP contribution is -2.52. The summed E-state index contributed by atoms with van der Waals surface area (Å²) >= 11 is 0. The van der Waals surface area contributed by atoms with Crippen LogP contribution in [0.4, 0.5) is 5.69 Å². The first-order valence-corrected chi connectivity index (χ1v) is 13.6. The molecule has 7 nitrogen and oxygen atoms in total. The first-order chi connectivity index (χ1) is 17.7. The van der Waals surface area contributed by atoms with Crippen LogP contribution in [0.3, 0.4) is 0 Å². The van der Waals surface area contributed by atoms with Gasteiger partial charge in [0, 0.05) is 50.4 Å². The Balaban J connectivity index is 1.77. The van der Waals surface area contributed by atoms with Crippen LogP contribution in [-0.4, -0.2) is 60.6 Å². The van der Waals surface area contributed by atoms with Crippen molar-refractivity contribution < 1.29 is 14.3 Å². The van der Waals surface area contributed by atoms with E-state index in [1.807, 2.05) is 36.2 Å². The van der Waals surface area contributed by atoms with E-state index in [1.165, 1.54) is 12.0 Å². The number of hydrogen-bond donors (Lipinski definition) is 1. The van der Waals surface area contributed by atoms with E-state index in [-0.39, 0.29) is 29.4 Å². The Hall–Kier alpha value is -2.77. The van der Waals surface area contributed by atoms with E-state index < -0.39 is 12.1 Å². The fourth-order valence-corrected chi connectivity index (χ4v) is 5.55. The van der Waals surface area contributed by atoms with Gasteiger partial charge in [0.15, 0.2) is 0 Å². The van der Waals surface area contributed by atoms with Gasteiger partial charge in [0.2, 0.25) is 11.8 Å². The monoisotopic (exact) mass is 506 g/mol. The molecule has 37 heavy (non-hydrogen) atoms. The van der Waals surface area contributed by atoms with Crippen molar-refractivity contribution in [1.29, 1.82) is 0 Å². The van der Waals surface area contributed by atoms with Gasteiger partial charge in [-0.15, -0.1) is 0 Å². The molecule has 1 aromatic carbocycles. The summed E-state index contributed by atoms with van der Waals surface area (Å²) in [5, 5.41) is 3.32. The zero-order chi connectivity index (χ0) is 26.6. The highest BCUT2D eigenvalue weighted by Crippen LogP contribution is 2.34. The molecule has 1 saturated heterocycles. The Morgan fingerprint density at radius 2 is 1.78 bits per heavy atom. The first-order valence-electron chi connectivity index (χ1n) is 13.6. The summed E-state index contributed by atoms with van der Waals surface area (Å²) < 4.78 is 5.52. The molecule has 1 aliphatic heterocycles. The molecule has 1 N–H and O–H groups in total. The Morgan fingerprint density at radius 1 is 1.08 bits per heavy atom. The minimum Gasteiger partial charge on any atom is -0.380 e. The number of likely N-dealkylation sites (N-methyl/N-ethyl adjacent to an activating group) is 1. The molecule has 0 bridgehead atoms. The molecule has 1 aliphatic carbocycles. The quantitative estimate of drug-likeness (QED) is 0.593. The maximum atomic E-state index is 14.3. The van der Waals surface area contributed by atoms with Crippen LogP contribution in [0.2, 0.25) is 0 Å². The normalized spacial score (nSPS) is 21.4. The lowest BCUT2D eigenvalue weighted by Gasteiger charge is -2.38. The second kappa shape index (κ2) is 11.7. The highest BCUT2D eigenvalue weighted by atomic mass is 16.5. The van der Waals surface area contributed by atoms with E-state index >= 15 is 0 Å². The fourth-order valence-electron chi connectivity index (χ4n) is 5.55. The maximum absolute atomic E-state index is 14.3. The third kappa shape index (κ3) is 6.21. The van der Waals surface area contributed by atoms with Crippen molar-refractivity contribution in [1.82, 2.24) is 15.2 Å². The molecule has 2 aliphatic rings. The predicted molar refractivity (Wildman–Crippen MR) is 146 cm³/mol. The molecule has 1 aromatic heterocycles. The van der Waals surface area contributed by atoms with Crippen molar-refractivity contribution in [3.05, 3.63) is 59.9 Å². The van der Waals surface area contributed by atoms with Crippen LogP contribution in [0, 0.1) is 0 Å². The fraction of sp³-hybridized carbons (Fsp3) is 0.567. The molecule has 3 atom stereocenters. The largest absolute Gasteiger partial charge is 0.380 e. The minimum atomic E-state index is -0.808. The number of methoxy groups -OCH3 is 1. The van der Waals surface area contributed by atoms with Crippen molar-refractivity contribution in [2.75, 3.05) is 25.6 Å². The van der Waals surface area contributed by atoms with E-state index in [2.05, 4.69) is 43.2 Å². The predicted octanol–water partition coefficient (Wildman–Crippen LogP) is 4.62. The van der Waals surface area contributed by atoms with Gasteiger partial charge in [-0.3, -0.25) is 19.5 Å². The van der Waals surface area contributed by atoms with Gasteiger partial charge >= 0.3 is 0 Å². The number of ether oxygens (including phenoxy) is 1. The number of hydrogen-bond acceptors (Lipinski definition) is 5. The van der Waals surface area contributed by atoms with Gasteiger partial charge in [0.05, 0.1) is 12.1 Å². The Kier molecular flexibility index (Phi) is 8.65. The number of carbonyl (C=O) groups is 2. The molecule has 7 heteroatoms. The molecule has 4 rings (SSSR count). The van der Waals surface area contributed by atoms with Gasteiger partial charge in [0.25, 0.3) is 0 Å². The van der Waals surface area contributed by atoms with Crippen LogP contribution in [0.15, 0.2) is 48.8 Å². The average Bonchev–Trinajstić information content (AvgIpc) is 3.41. The standard InChI is InChI=1S/C30H42N4O3/c1-30(2,3)22-13-15-24(16-14-22)34(28(35)26-18-25(37-5)20-32-26)27(21-10-9-17-31-19-21)29(36)33(4)23-11-7-6-8-12-23/h9-10,13-17,19,23,25-27,32H,6-8,11-12,18,20H2,1-5H3/t25-,26-,27?/m1/s1. The van der Waals surface area contributed by atoms with Crippen molar-refractivity contribution in [2.45, 2.75) is 88.9 Å². The number of carbonyl (C=O) groups excluding carboxylic acids is 2. The Morgan fingerprint density at radius 3 is 2.35 bits per heavy atom. The topological polar surface area (TPSA) is 74.8 Å². The van der Waals surface area contributed by atoms with Crippen LogP contribution >= 0.6 is 0 Å². The number of benzene rings is 1. The highest BCUT2D eigenvalue weighted by Gasteiger charge is 2.41. The van der Waals surface area contributed by atoms with E-state index in [4.69, 9.17) is 4.74 Å². The van der Waals surface area contributed by atoms with Gasteiger partial charge in [0.1, 0.15) is 6.04 Å². The number of nitrogens with zero attached hydrogens (tertiary/aromatic N) is 3. The van der Waals surface area contributed by atoms with Crippen LogP contribution in [0.1, 0.15) is 76.5 Å². The van der Waals surface area contributed by atoms with Crippen molar-refractivity contribution in [3.8, 4) is 0 Å². The maximum Gasteiger partial charge on any atom is 0.250 e. The molecule has 2 amide bonds. The van der Waals surface area contributed by atoms with Gasteiger partial charge in [-0.1, -0.05) is 58.2 Å². The number of nitrogens with one attached hydrogen (secondary N) is 1. The lowest BCUT2D eigenvalue weighted by atomic mass is 9.87. The summed E-state index contributed by atoms with van der Waals surface area (Å²) in [7, 11) is 3.56. The third-order valence-electron chi connectivity index (χ3n) is 7.93. The number of anilines is 1. The Labute approximate surface area is 221 Å². The third-order valence-corrected chi connectivity index (χ3v) is 7.93. The summed E-state index contributed by atoms with van der Waals surface area (Å²) in [4.78, 5) is 36.4. The zero-order valence-corrected chi connectivity index (χ0v) is 22.9. The molecule has 2 aromatic rings. The van der Waals surface area contributed by atoms with E-state index in [0.29, 0.717) is 24.2 Å². The number of amides is 2.